The number of carbonyl (C=O) groups is 2. The second-order valence-corrected chi connectivity index (χ2v) is 11.1. The number of hydrogen-bond acceptors (Lipinski definition) is 7. The first-order valence-electron chi connectivity index (χ1n) is 14.0. The van der Waals surface area contributed by atoms with Gasteiger partial charge in [-0.25, -0.2) is 9.79 Å². The van der Waals surface area contributed by atoms with Gasteiger partial charge in [-0.1, -0.05) is 30.3 Å². The highest BCUT2D eigenvalue weighted by molar-refractivity contribution is 8.18. The van der Waals surface area contributed by atoms with Crippen molar-refractivity contribution in [2.24, 2.45) is 4.99 Å². The first kappa shape index (κ1) is 27.8. The molecule has 0 N–H and O–H groups in total. The fourth-order valence-corrected chi connectivity index (χ4v) is 6.37. The molecule has 1 amide bonds. The van der Waals surface area contributed by atoms with Gasteiger partial charge in [0.2, 0.25) is 0 Å². The maximum Gasteiger partial charge on any atom is 0.337 e. The standard InChI is InChI=1S/C33H32N4O4S/c1-3-37-31(38)30(42-33(37)34-26-11-13-27(14-12-26)35-15-17-41-18-16-35)20-25-22-36(29-10-5-4-9-28(25)29)21-23-7-6-8-24(19-23)32(39)40-2/h4-14,19-20,22H,3,15-18,21H2,1-2H3/b30-20-,34-33?. The van der Waals surface area contributed by atoms with Crippen molar-refractivity contribution in [1.82, 2.24) is 9.47 Å². The maximum absolute atomic E-state index is 13.5. The second-order valence-electron chi connectivity index (χ2n) is 10.1. The van der Waals surface area contributed by atoms with E-state index in [1.807, 2.05) is 55.5 Å². The van der Waals surface area contributed by atoms with E-state index in [0.717, 1.165) is 59.7 Å². The zero-order valence-electron chi connectivity index (χ0n) is 23.7. The minimum absolute atomic E-state index is 0.0474. The Hall–Kier alpha value is -4.34. The van der Waals surface area contributed by atoms with Crippen LogP contribution in [0.15, 0.2) is 88.9 Å². The number of benzene rings is 3. The van der Waals surface area contributed by atoms with Gasteiger partial charge in [-0.05, 0) is 72.8 Å². The molecule has 42 heavy (non-hydrogen) atoms. The van der Waals surface area contributed by atoms with E-state index in [1.165, 1.54) is 18.9 Å². The predicted octanol–water partition coefficient (Wildman–Crippen LogP) is 5.94. The number of esters is 1. The molecule has 0 bridgehead atoms. The summed E-state index contributed by atoms with van der Waals surface area (Å²) in [6.07, 6.45) is 4.02. The Morgan fingerprint density at radius 2 is 1.83 bits per heavy atom. The number of aliphatic imine (C=N–C) groups is 1. The number of nitrogens with zero attached hydrogens (tertiary/aromatic N) is 4. The second kappa shape index (κ2) is 12.3. The molecule has 3 heterocycles. The number of morpholine rings is 1. The fourth-order valence-electron chi connectivity index (χ4n) is 5.31. The van der Waals surface area contributed by atoms with Crippen molar-refractivity contribution < 1.29 is 19.1 Å². The zero-order valence-corrected chi connectivity index (χ0v) is 24.5. The summed E-state index contributed by atoms with van der Waals surface area (Å²) in [5, 5.41) is 1.73. The molecule has 2 fully saturated rings. The van der Waals surface area contributed by atoms with Crippen LogP contribution in [0, 0.1) is 0 Å². The Morgan fingerprint density at radius 1 is 1.05 bits per heavy atom. The summed E-state index contributed by atoms with van der Waals surface area (Å²) in [5.74, 6) is -0.406. The lowest BCUT2D eigenvalue weighted by Crippen LogP contribution is -2.36. The van der Waals surface area contributed by atoms with Crippen LogP contribution in [0.1, 0.15) is 28.4 Å². The van der Waals surface area contributed by atoms with Gasteiger partial charge in [0.25, 0.3) is 5.91 Å². The van der Waals surface area contributed by atoms with E-state index in [4.69, 9.17) is 14.5 Å². The first-order valence-corrected chi connectivity index (χ1v) is 14.8. The molecule has 1 aromatic heterocycles. The van der Waals surface area contributed by atoms with Gasteiger partial charge >= 0.3 is 5.97 Å². The normalized spacial score (nSPS) is 17.5. The lowest BCUT2D eigenvalue weighted by molar-refractivity contribution is -0.122. The van der Waals surface area contributed by atoms with Gasteiger partial charge in [-0.2, -0.15) is 0 Å². The summed E-state index contributed by atoms with van der Waals surface area (Å²) in [6.45, 7) is 6.32. The third-order valence-electron chi connectivity index (χ3n) is 7.46. The molecule has 2 saturated heterocycles. The van der Waals surface area contributed by atoms with E-state index in [2.05, 4.69) is 39.9 Å². The smallest absolute Gasteiger partial charge is 0.337 e. The third kappa shape index (κ3) is 5.70. The molecule has 6 rings (SSSR count). The highest BCUT2D eigenvalue weighted by Gasteiger charge is 2.32. The molecule has 4 aromatic rings. The highest BCUT2D eigenvalue weighted by Crippen LogP contribution is 2.36. The van der Waals surface area contributed by atoms with Crippen LogP contribution < -0.4 is 4.90 Å². The van der Waals surface area contributed by atoms with Crippen molar-refractivity contribution in [1.29, 1.82) is 0 Å². The van der Waals surface area contributed by atoms with Gasteiger partial charge < -0.3 is 18.9 Å². The molecule has 3 aromatic carbocycles. The van der Waals surface area contributed by atoms with Gasteiger partial charge in [0.05, 0.1) is 36.5 Å². The Balaban J connectivity index is 1.27. The topological polar surface area (TPSA) is 76.4 Å². The summed E-state index contributed by atoms with van der Waals surface area (Å²) in [6, 6.07) is 23.7. The predicted molar refractivity (Wildman–Crippen MR) is 168 cm³/mol. The van der Waals surface area contributed by atoms with Crippen LogP contribution in [-0.4, -0.2) is 66.5 Å². The number of methoxy groups -OCH3 is 1. The van der Waals surface area contributed by atoms with Gasteiger partial charge in [-0.3, -0.25) is 9.69 Å². The molecule has 8 nitrogen and oxygen atoms in total. The first-order chi connectivity index (χ1) is 20.5. The minimum atomic E-state index is -0.359. The van der Waals surface area contributed by atoms with E-state index in [9.17, 15) is 9.59 Å². The molecular weight excluding hydrogens is 548 g/mol. The maximum atomic E-state index is 13.5. The van der Waals surface area contributed by atoms with Gasteiger partial charge in [0, 0.05) is 54.5 Å². The lowest BCUT2D eigenvalue weighted by atomic mass is 10.1. The average Bonchev–Trinajstić information content (AvgIpc) is 3.53. The molecule has 0 aliphatic carbocycles. The number of hydrogen-bond donors (Lipinski definition) is 0. The van der Waals surface area contributed by atoms with Crippen LogP contribution >= 0.6 is 11.8 Å². The summed E-state index contributed by atoms with van der Waals surface area (Å²) in [7, 11) is 1.38. The van der Waals surface area contributed by atoms with Gasteiger partial charge in [0.15, 0.2) is 5.17 Å². The number of anilines is 1. The average molecular weight is 581 g/mol. The number of para-hydroxylation sites is 1. The van der Waals surface area contributed by atoms with Crippen molar-refractivity contribution >= 4 is 57.2 Å². The lowest BCUT2D eigenvalue weighted by Gasteiger charge is -2.28. The number of likely N-dealkylation sites (N-methyl/N-ethyl adjacent to an activating group) is 1. The number of fused-ring (bicyclic) bond motifs is 1. The van der Waals surface area contributed by atoms with Crippen LogP contribution in [0.2, 0.25) is 0 Å². The van der Waals surface area contributed by atoms with Gasteiger partial charge in [0.1, 0.15) is 0 Å². The van der Waals surface area contributed by atoms with E-state index < -0.39 is 0 Å². The number of carbonyl (C=O) groups excluding carboxylic acids is 2. The Morgan fingerprint density at radius 3 is 2.60 bits per heavy atom. The van der Waals surface area contributed by atoms with E-state index in [-0.39, 0.29) is 11.9 Å². The number of amidine groups is 1. The zero-order chi connectivity index (χ0) is 29.1. The van der Waals surface area contributed by atoms with Crippen molar-refractivity contribution in [3.63, 3.8) is 0 Å². The SMILES string of the molecule is CCN1C(=O)/C(=C/c2cn(Cc3cccc(C(=O)OC)c3)c3ccccc23)SC1=Nc1ccc(N2CCOCC2)cc1. The monoisotopic (exact) mass is 580 g/mol. The molecular formula is C33H32N4O4S. The van der Waals surface area contributed by atoms with Crippen molar-refractivity contribution in [3.8, 4) is 0 Å². The van der Waals surface area contributed by atoms with Crippen molar-refractivity contribution in [3.05, 3.63) is 101 Å². The number of thioether (sulfide) groups is 1. The molecule has 9 heteroatoms. The number of aromatic nitrogens is 1. The van der Waals surface area contributed by atoms with Gasteiger partial charge in [-0.15, -0.1) is 0 Å². The van der Waals surface area contributed by atoms with E-state index in [1.54, 1.807) is 11.0 Å². The summed E-state index contributed by atoms with van der Waals surface area (Å²) < 4.78 is 12.5. The summed E-state index contributed by atoms with van der Waals surface area (Å²) in [5.41, 5.74) is 5.47. The molecule has 0 spiro atoms. The number of rotatable bonds is 7. The number of amides is 1. The van der Waals surface area contributed by atoms with Crippen LogP contribution in [0.5, 0.6) is 0 Å². The molecule has 214 valence electrons. The molecule has 0 saturated carbocycles. The fraction of sp³-hybridized carbons (Fsp3) is 0.242. The Kier molecular flexibility index (Phi) is 8.12. The molecule has 2 aliphatic heterocycles. The third-order valence-corrected chi connectivity index (χ3v) is 8.47. The van der Waals surface area contributed by atoms with E-state index in [0.29, 0.717) is 28.7 Å². The minimum Gasteiger partial charge on any atom is -0.465 e. The highest BCUT2D eigenvalue weighted by atomic mass is 32.2. The molecule has 2 aliphatic rings. The Labute approximate surface area is 249 Å². The molecule has 0 unspecified atom stereocenters. The van der Waals surface area contributed by atoms with E-state index >= 15 is 0 Å². The van der Waals surface area contributed by atoms with Crippen molar-refractivity contribution in [2.45, 2.75) is 13.5 Å². The van der Waals surface area contributed by atoms with Crippen LogP contribution in [0.4, 0.5) is 11.4 Å². The van der Waals surface area contributed by atoms with Crippen molar-refractivity contribution in [2.75, 3.05) is 44.9 Å². The van der Waals surface area contributed by atoms with Crippen LogP contribution in [0.25, 0.3) is 17.0 Å². The summed E-state index contributed by atoms with van der Waals surface area (Å²) >= 11 is 1.40. The number of ether oxygens (including phenoxy) is 2. The molecule has 0 radical (unpaired) electrons. The van der Waals surface area contributed by atoms with Crippen LogP contribution in [-0.2, 0) is 20.8 Å². The largest absolute Gasteiger partial charge is 0.465 e. The quantitative estimate of drug-likeness (QED) is 0.199. The van der Waals surface area contributed by atoms with Crippen LogP contribution in [0.3, 0.4) is 0 Å². The summed E-state index contributed by atoms with van der Waals surface area (Å²) in [4.78, 5) is 35.0. The molecule has 0 atom stereocenters. The Bertz CT molecular complexity index is 1690.